The number of carbonyl (C=O) groups excluding carboxylic acids is 1. The Bertz CT molecular complexity index is 730. The van der Waals surface area contributed by atoms with Gasteiger partial charge in [-0.1, -0.05) is 18.2 Å². The molecule has 2 saturated heterocycles. The first-order valence-electron chi connectivity index (χ1n) is 9.11. The molecule has 2 aliphatic rings. The molecule has 0 unspecified atom stereocenters. The van der Waals surface area contributed by atoms with E-state index in [1.807, 2.05) is 35.2 Å². The van der Waals surface area contributed by atoms with Crippen molar-refractivity contribution >= 4 is 5.91 Å². The molecule has 0 aliphatic carbocycles. The second-order valence-electron chi connectivity index (χ2n) is 6.97. The van der Waals surface area contributed by atoms with Gasteiger partial charge in [0, 0.05) is 31.1 Å². The quantitative estimate of drug-likeness (QED) is 0.856. The normalized spacial score (nSPS) is 24.1. The number of nitrogens with zero attached hydrogens (tertiary/aromatic N) is 4. The summed E-state index contributed by atoms with van der Waals surface area (Å²) in [6.45, 7) is 4.26. The van der Waals surface area contributed by atoms with Gasteiger partial charge in [-0.3, -0.25) is 9.69 Å². The number of amides is 1. The molecule has 0 bridgehead atoms. The van der Waals surface area contributed by atoms with Crippen LogP contribution in [0.2, 0.25) is 0 Å². The van der Waals surface area contributed by atoms with Gasteiger partial charge in [0.05, 0.1) is 6.54 Å². The number of hydrogen-bond acceptors (Lipinski definition) is 5. The zero-order valence-corrected chi connectivity index (χ0v) is 14.6. The summed E-state index contributed by atoms with van der Waals surface area (Å²) in [5, 5.41) is 8.42. The minimum absolute atomic E-state index is 0.193. The van der Waals surface area contributed by atoms with Crippen LogP contribution in [0.4, 0.5) is 0 Å². The molecule has 6 nitrogen and oxygen atoms in total. The van der Waals surface area contributed by atoms with Gasteiger partial charge in [-0.05, 0) is 44.4 Å². The molecule has 1 aromatic heterocycles. The summed E-state index contributed by atoms with van der Waals surface area (Å²) in [7, 11) is 0. The molecule has 0 spiro atoms. The van der Waals surface area contributed by atoms with E-state index < -0.39 is 0 Å². The van der Waals surface area contributed by atoms with Crippen molar-refractivity contribution in [1.82, 2.24) is 20.0 Å². The van der Waals surface area contributed by atoms with Gasteiger partial charge in [0.25, 0.3) is 0 Å². The Hall–Kier alpha value is -2.21. The predicted octanol–water partition coefficient (Wildman–Crippen LogP) is 2.71. The predicted molar refractivity (Wildman–Crippen MR) is 93.6 cm³/mol. The smallest absolute Gasteiger partial charge is 0.247 e. The van der Waals surface area contributed by atoms with Crippen molar-refractivity contribution in [1.29, 1.82) is 0 Å². The SMILES string of the molecule is CC(=O)N1CCC[C@H]1[C@H]1CCCN1Cc1nnc(-c2ccccc2)o1. The van der Waals surface area contributed by atoms with E-state index in [1.165, 1.54) is 0 Å². The lowest BCUT2D eigenvalue weighted by Gasteiger charge is -2.34. The van der Waals surface area contributed by atoms with Crippen LogP contribution in [0.3, 0.4) is 0 Å². The molecule has 0 radical (unpaired) electrons. The molecule has 3 heterocycles. The fourth-order valence-electron chi connectivity index (χ4n) is 4.26. The number of benzene rings is 1. The summed E-state index contributed by atoms with van der Waals surface area (Å²) in [6.07, 6.45) is 4.49. The van der Waals surface area contributed by atoms with Crippen molar-refractivity contribution in [3.05, 3.63) is 36.2 Å². The summed E-state index contributed by atoms with van der Waals surface area (Å²) in [5.41, 5.74) is 0.942. The van der Waals surface area contributed by atoms with E-state index in [4.69, 9.17) is 4.42 Å². The molecule has 2 fully saturated rings. The van der Waals surface area contributed by atoms with Gasteiger partial charge in [-0.25, -0.2) is 0 Å². The molecule has 25 heavy (non-hydrogen) atoms. The van der Waals surface area contributed by atoms with Gasteiger partial charge in [-0.2, -0.15) is 0 Å². The van der Waals surface area contributed by atoms with Crippen molar-refractivity contribution in [2.75, 3.05) is 13.1 Å². The van der Waals surface area contributed by atoms with Gasteiger partial charge >= 0.3 is 0 Å². The first kappa shape index (κ1) is 16.3. The highest BCUT2D eigenvalue weighted by Gasteiger charge is 2.39. The molecular formula is C19H24N4O2. The highest BCUT2D eigenvalue weighted by atomic mass is 16.4. The van der Waals surface area contributed by atoms with Gasteiger partial charge < -0.3 is 9.32 Å². The topological polar surface area (TPSA) is 62.5 Å². The molecule has 4 rings (SSSR count). The molecule has 6 heteroatoms. The molecule has 1 amide bonds. The number of hydrogen-bond donors (Lipinski definition) is 0. The third-order valence-corrected chi connectivity index (χ3v) is 5.39. The average Bonchev–Trinajstić information content (AvgIpc) is 3.36. The summed E-state index contributed by atoms with van der Waals surface area (Å²) in [4.78, 5) is 16.4. The highest BCUT2D eigenvalue weighted by molar-refractivity contribution is 5.74. The number of rotatable bonds is 4. The fourth-order valence-corrected chi connectivity index (χ4v) is 4.26. The zero-order valence-electron chi connectivity index (χ0n) is 14.6. The first-order valence-corrected chi connectivity index (χ1v) is 9.11. The van der Waals surface area contributed by atoms with Crippen LogP contribution < -0.4 is 0 Å². The standard InChI is InChI=1S/C19H24N4O2/c1-14(24)23-12-6-10-17(23)16-9-5-11-22(16)13-18-20-21-19(25-18)15-7-3-2-4-8-15/h2-4,7-8,16-17H,5-6,9-13H2,1H3/t16-,17+/m1/s1. The zero-order chi connectivity index (χ0) is 17.2. The number of aromatic nitrogens is 2. The van der Waals surface area contributed by atoms with E-state index in [-0.39, 0.29) is 5.91 Å². The minimum atomic E-state index is 0.193. The Morgan fingerprint density at radius 3 is 2.68 bits per heavy atom. The van der Waals surface area contributed by atoms with Crippen LogP contribution in [-0.2, 0) is 11.3 Å². The van der Waals surface area contributed by atoms with Crippen molar-refractivity contribution in [3.63, 3.8) is 0 Å². The molecule has 1 aromatic carbocycles. The average molecular weight is 340 g/mol. The summed E-state index contributed by atoms with van der Waals surface area (Å²) in [6, 6.07) is 10.6. The van der Waals surface area contributed by atoms with Crippen LogP contribution in [0.1, 0.15) is 38.5 Å². The van der Waals surface area contributed by atoms with Crippen LogP contribution in [0, 0.1) is 0 Å². The van der Waals surface area contributed by atoms with Crippen LogP contribution in [-0.4, -0.2) is 51.1 Å². The Balaban J connectivity index is 1.47. The van der Waals surface area contributed by atoms with Crippen molar-refractivity contribution in [3.8, 4) is 11.5 Å². The van der Waals surface area contributed by atoms with Crippen LogP contribution in [0.5, 0.6) is 0 Å². The molecule has 0 N–H and O–H groups in total. The van der Waals surface area contributed by atoms with Crippen molar-refractivity contribution < 1.29 is 9.21 Å². The van der Waals surface area contributed by atoms with E-state index in [0.717, 1.165) is 44.3 Å². The Labute approximate surface area is 147 Å². The largest absolute Gasteiger partial charge is 0.419 e. The van der Waals surface area contributed by atoms with Crippen LogP contribution >= 0.6 is 0 Å². The van der Waals surface area contributed by atoms with E-state index in [9.17, 15) is 4.79 Å². The molecule has 2 atom stereocenters. The third-order valence-electron chi connectivity index (χ3n) is 5.39. The first-order chi connectivity index (χ1) is 12.2. The van der Waals surface area contributed by atoms with E-state index in [2.05, 4.69) is 15.1 Å². The van der Waals surface area contributed by atoms with Gasteiger partial charge in [0.1, 0.15) is 0 Å². The Morgan fingerprint density at radius 1 is 1.12 bits per heavy atom. The lowest BCUT2D eigenvalue weighted by molar-refractivity contribution is -0.130. The minimum Gasteiger partial charge on any atom is -0.419 e. The Kier molecular flexibility index (Phi) is 4.53. The second kappa shape index (κ2) is 6.96. The monoisotopic (exact) mass is 340 g/mol. The molecule has 2 aliphatic heterocycles. The van der Waals surface area contributed by atoms with E-state index >= 15 is 0 Å². The fraction of sp³-hybridized carbons (Fsp3) is 0.526. The van der Waals surface area contributed by atoms with Gasteiger partial charge in [-0.15, -0.1) is 10.2 Å². The molecular weight excluding hydrogens is 316 g/mol. The highest BCUT2D eigenvalue weighted by Crippen LogP contribution is 2.31. The van der Waals surface area contributed by atoms with E-state index in [1.54, 1.807) is 6.92 Å². The maximum atomic E-state index is 11.9. The van der Waals surface area contributed by atoms with Crippen molar-refractivity contribution in [2.24, 2.45) is 0 Å². The van der Waals surface area contributed by atoms with Crippen molar-refractivity contribution in [2.45, 2.75) is 51.2 Å². The second-order valence-corrected chi connectivity index (χ2v) is 6.97. The molecule has 132 valence electrons. The van der Waals surface area contributed by atoms with Crippen LogP contribution in [0.15, 0.2) is 34.7 Å². The molecule has 0 saturated carbocycles. The summed E-state index contributed by atoms with van der Waals surface area (Å²) in [5.74, 6) is 1.41. The Morgan fingerprint density at radius 2 is 1.88 bits per heavy atom. The summed E-state index contributed by atoms with van der Waals surface area (Å²) >= 11 is 0. The maximum absolute atomic E-state index is 11.9. The van der Waals surface area contributed by atoms with E-state index in [0.29, 0.717) is 30.4 Å². The molecule has 2 aromatic rings. The van der Waals surface area contributed by atoms with Gasteiger partial charge in [0.2, 0.25) is 17.7 Å². The van der Waals surface area contributed by atoms with Crippen LogP contribution in [0.25, 0.3) is 11.5 Å². The third kappa shape index (κ3) is 3.31. The lowest BCUT2D eigenvalue weighted by Crippen LogP contribution is -2.47. The number of carbonyl (C=O) groups is 1. The lowest BCUT2D eigenvalue weighted by atomic mass is 10.0. The maximum Gasteiger partial charge on any atom is 0.247 e. The number of likely N-dealkylation sites (tertiary alicyclic amines) is 2. The summed E-state index contributed by atoms with van der Waals surface area (Å²) < 4.78 is 5.87. The van der Waals surface area contributed by atoms with Gasteiger partial charge in [0.15, 0.2) is 0 Å².